The lowest BCUT2D eigenvalue weighted by Gasteiger charge is -2.07. The van der Waals surface area contributed by atoms with Crippen LogP contribution in [-0.4, -0.2) is 27.4 Å². The quantitative estimate of drug-likeness (QED) is 0.694. The molecule has 0 fully saturated rings. The van der Waals surface area contributed by atoms with E-state index in [0.717, 1.165) is 12.1 Å². The summed E-state index contributed by atoms with van der Waals surface area (Å²) in [6.45, 7) is 1.09. The molecule has 0 saturated heterocycles. The molecule has 0 aliphatic rings. The topological polar surface area (TPSA) is 79.8 Å². The molecular formula is C19H19N5O. The fraction of sp³-hybridized carbons (Fsp3) is 0.158. The minimum atomic E-state index is -0.209. The highest BCUT2D eigenvalue weighted by Gasteiger charge is 2.08. The number of amides is 1. The van der Waals surface area contributed by atoms with E-state index in [1.807, 2.05) is 48.5 Å². The van der Waals surface area contributed by atoms with Crippen LogP contribution in [0.1, 0.15) is 21.7 Å². The fourth-order valence-electron chi connectivity index (χ4n) is 2.32. The number of pyridine rings is 1. The second kappa shape index (κ2) is 8.54. The standard InChI is InChI=1S/C19H19N5O/c25-19(21-11-9-15-6-2-1-3-7-15)17-12-18(24-14-23-17)22-13-16-8-4-5-10-20-16/h1-8,10,12,14H,9,11,13H2,(H,21,25)(H,22,23,24). The van der Waals surface area contributed by atoms with Crippen LogP contribution in [0.2, 0.25) is 0 Å². The van der Waals surface area contributed by atoms with Gasteiger partial charge in [0.2, 0.25) is 0 Å². The van der Waals surface area contributed by atoms with Crippen molar-refractivity contribution < 1.29 is 4.79 Å². The molecule has 3 rings (SSSR count). The molecule has 25 heavy (non-hydrogen) atoms. The molecule has 0 aliphatic carbocycles. The first-order chi connectivity index (χ1) is 12.3. The number of hydrogen-bond acceptors (Lipinski definition) is 5. The number of nitrogens with zero attached hydrogens (tertiary/aromatic N) is 3. The molecule has 2 heterocycles. The van der Waals surface area contributed by atoms with Gasteiger partial charge in [-0.05, 0) is 24.1 Å². The maximum Gasteiger partial charge on any atom is 0.270 e. The second-order valence-electron chi connectivity index (χ2n) is 5.45. The summed E-state index contributed by atoms with van der Waals surface area (Å²) in [5.74, 6) is 0.382. The van der Waals surface area contributed by atoms with Crippen LogP contribution in [0.15, 0.2) is 67.1 Å². The smallest absolute Gasteiger partial charge is 0.270 e. The molecule has 6 heteroatoms. The molecule has 0 atom stereocenters. The Labute approximate surface area is 146 Å². The van der Waals surface area contributed by atoms with Gasteiger partial charge >= 0.3 is 0 Å². The molecule has 6 nitrogen and oxygen atoms in total. The van der Waals surface area contributed by atoms with Gasteiger partial charge in [-0.2, -0.15) is 0 Å². The Balaban J connectivity index is 1.52. The molecule has 1 amide bonds. The lowest BCUT2D eigenvalue weighted by Crippen LogP contribution is -2.26. The molecule has 0 unspecified atom stereocenters. The maximum atomic E-state index is 12.2. The highest BCUT2D eigenvalue weighted by Crippen LogP contribution is 2.06. The summed E-state index contributed by atoms with van der Waals surface area (Å²) in [4.78, 5) is 24.6. The SMILES string of the molecule is O=C(NCCc1ccccc1)c1cc(NCc2ccccn2)ncn1. The van der Waals surface area contributed by atoms with E-state index in [-0.39, 0.29) is 5.91 Å². The van der Waals surface area contributed by atoms with E-state index in [4.69, 9.17) is 0 Å². The Kier molecular flexibility index (Phi) is 5.66. The van der Waals surface area contributed by atoms with Gasteiger partial charge in [0, 0.05) is 18.8 Å². The van der Waals surface area contributed by atoms with E-state index < -0.39 is 0 Å². The summed E-state index contributed by atoms with van der Waals surface area (Å²) in [6, 6.07) is 17.4. The summed E-state index contributed by atoms with van der Waals surface area (Å²) in [6.07, 6.45) is 3.90. The van der Waals surface area contributed by atoms with Crippen molar-refractivity contribution >= 4 is 11.7 Å². The van der Waals surface area contributed by atoms with Crippen LogP contribution in [-0.2, 0) is 13.0 Å². The van der Waals surface area contributed by atoms with E-state index in [2.05, 4.69) is 25.6 Å². The van der Waals surface area contributed by atoms with Gasteiger partial charge in [0.15, 0.2) is 0 Å². The minimum absolute atomic E-state index is 0.209. The molecule has 0 aliphatic heterocycles. The minimum Gasteiger partial charge on any atom is -0.364 e. The summed E-state index contributed by atoms with van der Waals surface area (Å²) in [5, 5.41) is 6.02. The number of carbonyl (C=O) groups excluding carboxylic acids is 1. The Hall–Kier alpha value is -3.28. The molecule has 1 aromatic carbocycles. The summed E-state index contributed by atoms with van der Waals surface area (Å²) < 4.78 is 0. The maximum absolute atomic E-state index is 12.2. The monoisotopic (exact) mass is 333 g/mol. The predicted molar refractivity (Wildman–Crippen MR) is 96.1 cm³/mol. The number of nitrogens with one attached hydrogen (secondary N) is 2. The highest BCUT2D eigenvalue weighted by atomic mass is 16.1. The second-order valence-corrected chi connectivity index (χ2v) is 5.45. The molecule has 0 spiro atoms. The number of carbonyl (C=O) groups is 1. The third-order valence-electron chi connectivity index (χ3n) is 3.62. The summed E-state index contributed by atoms with van der Waals surface area (Å²) in [7, 11) is 0. The van der Waals surface area contributed by atoms with Crippen LogP contribution in [0.25, 0.3) is 0 Å². The van der Waals surface area contributed by atoms with Gasteiger partial charge < -0.3 is 10.6 Å². The zero-order chi connectivity index (χ0) is 17.3. The lowest BCUT2D eigenvalue weighted by atomic mass is 10.1. The summed E-state index contributed by atoms with van der Waals surface area (Å²) >= 11 is 0. The van der Waals surface area contributed by atoms with E-state index >= 15 is 0 Å². The average Bonchev–Trinajstić information content (AvgIpc) is 2.68. The Bertz CT molecular complexity index is 808. The lowest BCUT2D eigenvalue weighted by molar-refractivity contribution is 0.0949. The molecule has 0 radical (unpaired) electrons. The first-order valence-electron chi connectivity index (χ1n) is 8.09. The van der Waals surface area contributed by atoms with Crippen molar-refractivity contribution in [3.05, 3.63) is 84.1 Å². The van der Waals surface area contributed by atoms with Crippen molar-refractivity contribution in [2.45, 2.75) is 13.0 Å². The zero-order valence-corrected chi connectivity index (χ0v) is 13.7. The Morgan fingerprint density at radius 3 is 2.60 bits per heavy atom. The van der Waals surface area contributed by atoms with Crippen LogP contribution in [0.5, 0.6) is 0 Å². The van der Waals surface area contributed by atoms with Gasteiger partial charge in [0.1, 0.15) is 17.8 Å². The molecule has 126 valence electrons. The van der Waals surface area contributed by atoms with Crippen LogP contribution in [0, 0.1) is 0 Å². The van der Waals surface area contributed by atoms with Crippen molar-refractivity contribution in [3.8, 4) is 0 Å². The first-order valence-corrected chi connectivity index (χ1v) is 8.09. The molecule has 2 N–H and O–H groups in total. The van der Waals surface area contributed by atoms with Crippen molar-refractivity contribution in [1.82, 2.24) is 20.3 Å². The molecule has 0 saturated carbocycles. The molecule has 2 aromatic heterocycles. The third-order valence-corrected chi connectivity index (χ3v) is 3.62. The number of aromatic nitrogens is 3. The zero-order valence-electron chi connectivity index (χ0n) is 13.7. The van der Waals surface area contributed by atoms with Gasteiger partial charge in [-0.15, -0.1) is 0 Å². The number of benzene rings is 1. The van der Waals surface area contributed by atoms with Crippen LogP contribution < -0.4 is 10.6 Å². The largest absolute Gasteiger partial charge is 0.364 e. The molecule has 3 aromatic rings. The van der Waals surface area contributed by atoms with E-state index in [0.29, 0.717) is 24.6 Å². The fourth-order valence-corrected chi connectivity index (χ4v) is 2.32. The molecular weight excluding hydrogens is 314 g/mol. The Morgan fingerprint density at radius 1 is 0.960 bits per heavy atom. The van der Waals surface area contributed by atoms with Crippen LogP contribution in [0.3, 0.4) is 0 Å². The van der Waals surface area contributed by atoms with E-state index in [1.54, 1.807) is 12.3 Å². The first kappa shape index (κ1) is 16.6. The van der Waals surface area contributed by atoms with Crippen LogP contribution >= 0.6 is 0 Å². The van der Waals surface area contributed by atoms with Crippen molar-refractivity contribution in [3.63, 3.8) is 0 Å². The van der Waals surface area contributed by atoms with Crippen LogP contribution in [0.4, 0.5) is 5.82 Å². The van der Waals surface area contributed by atoms with Crippen molar-refractivity contribution in [1.29, 1.82) is 0 Å². The van der Waals surface area contributed by atoms with Crippen molar-refractivity contribution in [2.24, 2.45) is 0 Å². The normalized spacial score (nSPS) is 10.2. The highest BCUT2D eigenvalue weighted by molar-refractivity contribution is 5.92. The van der Waals surface area contributed by atoms with Gasteiger partial charge in [0.05, 0.1) is 12.2 Å². The summed E-state index contributed by atoms with van der Waals surface area (Å²) in [5.41, 5.74) is 2.42. The molecule has 0 bridgehead atoms. The van der Waals surface area contributed by atoms with E-state index in [9.17, 15) is 4.79 Å². The number of anilines is 1. The Morgan fingerprint density at radius 2 is 1.80 bits per heavy atom. The number of rotatable bonds is 7. The predicted octanol–water partition coefficient (Wildman–Crippen LogP) is 2.46. The van der Waals surface area contributed by atoms with Crippen molar-refractivity contribution in [2.75, 3.05) is 11.9 Å². The third kappa shape index (κ3) is 5.10. The average molecular weight is 333 g/mol. The number of hydrogen-bond donors (Lipinski definition) is 2. The van der Waals surface area contributed by atoms with Gasteiger partial charge in [-0.25, -0.2) is 9.97 Å². The van der Waals surface area contributed by atoms with E-state index in [1.165, 1.54) is 11.9 Å². The van der Waals surface area contributed by atoms with Gasteiger partial charge in [-0.3, -0.25) is 9.78 Å². The van der Waals surface area contributed by atoms with Gasteiger partial charge in [0.25, 0.3) is 5.91 Å². The van der Waals surface area contributed by atoms with Gasteiger partial charge in [-0.1, -0.05) is 36.4 Å².